The van der Waals surface area contributed by atoms with Crippen LogP contribution in [0, 0.1) is 0 Å². The van der Waals surface area contributed by atoms with E-state index < -0.39 is 30.6 Å². The second-order valence-electron chi connectivity index (χ2n) is 6.23. The minimum Gasteiger partial charge on any atom is -0.443 e. The second kappa shape index (κ2) is 6.00. The van der Waals surface area contributed by atoms with E-state index in [1.807, 2.05) is 5.48 Å². The molecule has 0 radical (unpaired) electrons. The Morgan fingerprint density at radius 2 is 2.19 bits per heavy atom. The molecule has 138 valence electrons. The van der Waals surface area contributed by atoms with Gasteiger partial charge < -0.3 is 29.0 Å². The summed E-state index contributed by atoms with van der Waals surface area (Å²) in [5, 5.41) is 40.2. The summed E-state index contributed by atoms with van der Waals surface area (Å²) in [7, 11) is 0. The fourth-order valence-electron chi connectivity index (χ4n) is 3.27. The number of hydrogen-bond acceptors (Lipinski definition) is 10. The molecule has 0 saturated carbocycles. The zero-order valence-electron chi connectivity index (χ0n) is 13.6. The third-order valence-electron chi connectivity index (χ3n) is 4.60. The third-order valence-corrected chi connectivity index (χ3v) is 4.60. The fourth-order valence-corrected chi connectivity index (χ4v) is 3.27. The average molecular weight is 363 g/mol. The van der Waals surface area contributed by atoms with Crippen molar-refractivity contribution in [1.29, 1.82) is 0 Å². The van der Waals surface area contributed by atoms with Gasteiger partial charge in [-0.1, -0.05) is 0 Å². The standard InChI is InChI=1S/C15H17N5O6/c1-15(23)11(22)9(4-21)26-14(15)20-3-7(8-2-16-6-25-8)10-12(19-24)17-5-18-13(10)20/h2-3,5-6,9,11,14,21-24H,4H2,1H3,(H,17,18,19)/t9-,11-,14-,15-/m1/s1. The van der Waals surface area contributed by atoms with Crippen LogP contribution in [0.15, 0.2) is 29.5 Å². The molecule has 3 aromatic rings. The van der Waals surface area contributed by atoms with Gasteiger partial charge in [0.1, 0.15) is 29.8 Å². The molecule has 5 N–H and O–H groups in total. The summed E-state index contributed by atoms with van der Waals surface area (Å²) < 4.78 is 12.5. The zero-order chi connectivity index (χ0) is 18.5. The molecule has 0 aromatic carbocycles. The van der Waals surface area contributed by atoms with Crippen LogP contribution in [0.4, 0.5) is 5.82 Å². The van der Waals surface area contributed by atoms with Crippen molar-refractivity contribution in [2.75, 3.05) is 12.1 Å². The van der Waals surface area contributed by atoms with Gasteiger partial charge in [0.05, 0.1) is 23.8 Å². The fraction of sp³-hybridized carbons (Fsp3) is 0.400. The molecule has 3 aromatic heterocycles. The SMILES string of the molecule is C[C@@]1(O)[C@H](O)[C@@H](CO)O[C@H]1n1cc(-c2cnco2)c2c(NO)ncnc21. The van der Waals surface area contributed by atoms with E-state index in [4.69, 9.17) is 9.15 Å². The van der Waals surface area contributed by atoms with Gasteiger partial charge in [0, 0.05) is 6.20 Å². The molecule has 1 fully saturated rings. The Labute approximate surface area is 146 Å². The van der Waals surface area contributed by atoms with Crippen LogP contribution in [0.5, 0.6) is 0 Å². The lowest BCUT2D eigenvalue weighted by Gasteiger charge is -2.27. The van der Waals surface area contributed by atoms with E-state index in [0.29, 0.717) is 22.4 Å². The van der Waals surface area contributed by atoms with Crippen molar-refractivity contribution in [1.82, 2.24) is 19.5 Å². The molecule has 11 nitrogen and oxygen atoms in total. The number of nitrogens with one attached hydrogen (secondary N) is 1. The maximum Gasteiger partial charge on any atom is 0.181 e. The van der Waals surface area contributed by atoms with Gasteiger partial charge in [-0.25, -0.2) is 15.0 Å². The first kappa shape index (κ1) is 16.9. The quantitative estimate of drug-likeness (QED) is 0.396. The molecular weight excluding hydrogens is 346 g/mol. The van der Waals surface area contributed by atoms with Gasteiger partial charge in [-0.15, -0.1) is 0 Å². The van der Waals surface area contributed by atoms with Crippen LogP contribution in [0.1, 0.15) is 13.2 Å². The summed E-state index contributed by atoms with van der Waals surface area (Å²) in [6, 6.07) is 0. The minimum atomic E-state index is -1.70. The molecule has 4 heterocycles. The van der Waals surface area contributed by atoms with E-state index in [0.717, 1.165) is 0 Å². The lowest BCUT2D eigenvalue weighted by molar-refractivity contribution is -0.0948. The smallest absolute Gasteiger partial charge is 0.181 e. The van der Waals surface area contributed by atoms with Crippen LogP contribution < -0.4 is 5.48 Å². The highest BCUT2D eigenvalue weighted by molar-refractivity contribution is 6.00. The molecule has 11 heteroatoms. The highest BCUT2D eigenvalue weighted by Gasteiger charge is 2.53. The number of ether oxygens (including phenoxy) is 1. The van der Waals surface area contributed by atoms with Gasteiger partial charge in [0.15, 0.2) is 24.2 Å². The first-order valence-corrected chi connectivity index (χ1v) is 7.80. The van der Waals surface area contributed by atoms with Gasteiger partial charge in [0.25, 0.3) is 0 Å². The van der Waals surface area contributed by atoms with Crippen LogP contribution in [-0.4, -0.2) is 64.5 Å². The summed E-state index contributed by atoms with van der Waals surface area (Å²) in [6.45, 7) is 0.949. The lowest BCUT2D eigenvalue weighted by Crippen LogP contribution is -2.44. The Morgan fingerprint density at radius 3 is 2.81 bits per heavy atom. The molecule has 0 spiro atoms. The van der Waals surface area contributed by atoms with Crippen LogP contribution in [-0.2, 0) is 4.74 Å². The summed E-state index contributed by atoms with van der Waals surface area (Å²) in [5.41, 5.74) is 1.12. The number of aliphatic hydroxyl groups is 3. The van der Waals surface area contributed by atoms with Crippen molar-refractivity contribution in [2.24, 2.45) is 0 Å². The first-order chi connectivity index (χ1) is 12.5. The minimum absolute atomic E-state index is 0.122. The van der Waals surface area contributed by atoms with Crippen molar-refractivity contribution in [3.63, 3.8) is 0 Å². The predicted molar refractivity (Wildman–Crippen MR) is 86.1 cm³/mol. The van der Waals surface area contributed by atoms with Crippen molar-refractivity contribution in [3.8, 4) is 11.3 Å². The van der Waals surface area contributed by atoms with E-state index in [1.54, 1.807) is 6.20 Å². The Bertz CT molecular complexity index is 924. The van der Waals surface area contributed by atoms with Crippen LogP contribution in [0.25, 0.3) is 22.4 Å². The van der Waals surface area contributed by atoms with Crippen LogP contribution >= 0.6 is 0 Å². The molecule has 0 unspecified atom stereocenters. The number of aliphatic hydroxyl groups excluding tert-OH is 2. The molecule has 0 aliphatic carbocycles. The van der Waals surface area contributed by atoms with Gasteiger partial charge in [-0.2, -0.15) is 0 Å². The Morgan fingerprint density at radius 1 is 1.38 bits per heavy atom. The van der Waals surface area contributed by atoms with E-state index in [1.165, 1.54) is 30.4 Å². The number of nitrogens with zero attached hydrogens (tertiary/aromatic N) is 4. The molecule has 26 heavy (non-hydrogen) atoms. The number of oxazole rings is 1. The molecule has 0 bridgehead atoms. The summed E-state index contributed by atoms with van der Waals surface area (Å²) in [5.74, 6) is 0.508. The van der Waals surface area contributed by atoms with E-state index in [2.05, 4.69) is 15.0 Å². The Hall–Kier alpha value is -2.57. The molecule has 1 saturated heterocycles. The Balaban J connectivity index is 1.95. The number of anilines is 1. The lowest BCUT2D eigenvalue weighted by atomic mass is 9.96. The van der Waals surface area contributed by atoms with Crippen molar-refractivity contribution in [2.45, 2.75) is 31.0 Å². The maximum absolute atomic E-state index is 10.8. The normalized spacial score (nSPS) is 28.7. The molecule has 4 atom stereocenters. The molecule has 1 aliphatic heterocycles. The number of fused-ring (bicyclic) bond motifs is 1. The van der Waals surface area contributed by atoms with E-state index in [-0.39, 0.29) is 5.82 Å². The molecule has 0 amide bonds. The molecule has 1 aliphatic rings. The van der Waals surface area contributed by atoms with Crippen molar-refractivity contribution in [3.05, 3.63) is 25.1 Å². The van der Waals surface area contributed by atoms with E-state index >= 15 is 0 Å². The topological polar surface area (TPSA) is 159 Å². The van der Waals surface area contributed by atoms with Crippen LogP contribution in [0.3, 0.4) is 0 Å². The number of hydrogen-bond donors (Lipinski definition) is 5. The molecular formula is C15H17N5O6. The summed E-state index contributed by atoms with van der Waals surface area (Å²) in [6.07, 6.45) is 2.24. The van der Waals surface area contributed by atoms with E-state index in [9.17, 15) is 20.5 Å². The zero-order valence-corrected chi connectivity index (χ0v) is 13.6. The third kappa shape index (κ3) is 2.29. The first-order valence-electron chi connectivity index (χ1n) is 7.80. The van der Waals surface area contributed by atoms with Gasteiger partial charge in [-0.3, -0.25) is 10.7 Å². The Kier molecular flexibility index (Phi) is 3.89. The highest BCUT2D eigenvalue weighted by Crippen LogP contribution is 2.42. The monoisotopic (exact) mass is 363 g/mol. The van der Waals surface area contributed by atoms with Crippen molar-refractivity contribution < 1.29 is 29.7 Å². The van der Waals surface area contributed by atoms with Crippen molar-refractivity contribution >= 4 is 16.9 Å². The maximum atomic E-state index is 10.8. The largest absolute Gasteiger partial charge is 0.443 e. The predicted octanol–water partition coefficient (Wildman–Crippen LogP) is -0.111. The van der Waals surface area contributed by atoms with Crippen LogP contribution in [0.2, 0.25) is 0 Å². The van der Waals surface area contributed by atoms with Gasteiger partial charge >= 0.3 is 0 Å². The summed E-state index contributed by atoms with van der Waals surface area (Å²) >= 11 is 0. The van der Waals surface area contributed by atoms with Gasteiger partial charge in [0.2, 0.25) is 0 Å². The summed E-state index contributed by atoms with van der Waals surface area (Å²) in [4.78, 5) is 12.1. The second-order valence-corrected chi connectivity index (χ2v) is 6.23. The number of aromatic nitrogens is 4. The average Bonchev–Trinajstić information content (AvgIpc) is 3.33. The highest BCUT2D eigenvalue weighted by atomic mass is 16.6. The van der Waals surface area contributed by atoms with Gasteiger partial charge in [-0.05, 0) is 6.92 Å². The molecule has 4 rings (SSSR count). The number of rotatable bonds is 4.